The van der Waals surface area contributed by atoms with Gasteiger partial charge < -0.3 is 20.1 Å². The van der Waals surface area contributed by atoms with Crippen molar-refractivity contribution in [1.82, 2.24) is 10.6 Å². The number of aliphatic imine (C=N–C) groups is 1. The van der Waals surface area contributed by atoms with Crippen LogP contribution in [-0.4, -0.2) is 39.9 Å². The Balaban J connectivity index is 1.86. The minimum absolute atomic E-state index is 0.344. The maximum absolute atomic E-state index is 5.60. The SMILES string of the molecule is CCOCCC1(CNC(=NC)NCc2ccccc2OC)CCCC1. The van der Waals surface area contributed by atoms with E-state index in [0.717, 1.165) is 43.5 Å². The summed E-state index contributed by atoms with van der Waals surface area (Å²) in [5.74, 6) is 1.74. The molecule has 0 radical (unpaired) electrons. The van der Waals surface area contributed by atoms with E-state index in [4.69, 9.17) is 9.47 Å². The van der Waals surface area contributed by atoms with Crippen molar-refractivity contribution in [3.05, 3.63) is 29.8 Å². The average molecular weight is 348 g/mol. The second kappa shape index (κ2) is 10.3. The molecule has 0 amide bonds. The third-order valence-corrected chi connectivity index (χ3v) is 5.14. The zero-order chi connectivity index (χ0) is 18.0. The summed E-state index contributed by atoms with van der Waals surface area (Å²) in [5, 5.41) is 6.93. The fourth-order valence-corrected chi connectivity index (χ4v) is 3.59. The van der Waals surface area contributed by atoms with Crippen molar-refractivity contribution in [2.45, 2.75) is 45.6 Å². The molecule has 1 aromatic rings. The van der Waals surface area contributed by atoms with Crippen LogP contribution in [0.2, 0.25) is 0 Å². The van der Waals surface area contributed by atoms with E-state index in [-0.39, 0.29) is 0 Å². The van der Waals surface area contributed by atoms with Crippen molar-refractivity contribution in [2.24, 2.45) is 10.4 Å². The third-order valence-electron chi connectivity index (χ3n) is 5.14. The highest BCUT2D eigenvalue weighted by atomic mass is 16.5. The monoisotopic (exact) mass is 347 g/mol. The van der Waals surface area contributed by atoms with Gasteiger partial charge in [0, 0.05) is 38.9 Å². The third kappa shape index (κ3) is 5.92. The van der Waals surface area contributed by atoms with E-state index in [2.05, 4.69) is 28.6 Å². The molecule has 0 aliphatic heterocycles. The van der Waals surface area contributed by atoms with Crippen LogP contribution in [0.4, 0.5) is 0 Å². The van der Waals surface area contributed by atoms with Gasteiger partial charge in [-0.15, -0.1) is 0 Å². The first-order valence-electron chi connectivity index (χ1n) is 9.37. The van der Waals surface area contributed by atoms with Crippen molar-refractivity contribution >= 4 is 5.96 Å². The number of ether oxygens (including phenoxy) is 2. The second-order valence-electron chi connectivity index (χ2n) is 6.75. The molecule has 0 aromatic heterocycles. The molecule has 25 heavy (non-hydrogen) atoms. The van der Waals surface area contributed by atoms with Crippen LogP contribution >= 0.6 is 0 Å². The van der Waals surface area contributed by atoms with Crippen LogP contribution in [0.25, 0.3) is 0 Å². The first-order chi connectivity index (χ1) is 12.2. The summed E-state index contributed by atoms with van der Waals surface area (Å²) < 4.78 is 11.0. The molecule has 1 aliphatic carbocycles. The molecule has 0 unspecified atom stereocenters. The minimum atomic E-state index is 0.344. The van der Waals surface area contributed by atoms with Gasteiger partial charge in [-0.1, -0.05) is 31.0 Å². The number of guanidine groups is 1. The highest BCUT2D eigenvalue weighted by Gasteiger charge is 2.33. The Labute approximate surface area is 152 Å². The van der Waals surface area contributed by atoms with E-state index in [1.54, 1.807) is 7.11 Å². The minimum Gasteiger partial charge on any atom is -0.496 e. The van der Waals surface area contributed by atoms with Crippen LogP contribution in [0.5, 0.6) is 5.75 Å². The number of para-hydroxylation sites is 1. The largest absolute Gasteiger partial charge is 0.496 e. The van der Waals surface area contributed by atoms with Gasteiger partial charge in [0.15, 0.2) is 5.96 Å². The van der Waals surface area contributed by atoms with E-state index < -0.39 is 0 Å². The maximum atomic E-state index is 5.60. The lowest BCUT2D eigenvalue weighted by Gasteiger charge is -2.30. The number of rotatable bonds is 9. The fourth-order valence-electron chi connectivity index (χ4n) is 3.59. The average Bonchev–Trinajstić information content (AvgIpc) is 3.11. The Hall–Kier alpha value is -1.75. The van der Waals surface area contributed by atoms with Gasteiger partial charge >= 0.3 is 0 Å². The van der Waals surface area contributed by atoms with Crippen LogP contribution < -0.4 is 15.4 Å². The fraction of sp³-hybridized carbons (Fsp3) is 0.650. The van der Waals surface area contributed by atoms with Crippen molar-refractivity contribution < 1.29 is 9.47 Å². The molecular formula is C20H33N3O2. The standard InChI is InChI=1S/C20H33N3O2/c1-4-25-14-13-20(11-7-8-12-20)16-23-19(21-2)22-15-17-9-5-6-10-18(17)24-3/h5-6,9-10H,4,7-8,11-16H2,1-3H3,(H2,21,22,23). The molecule has 0 bridgehead atoms. The Bertz CT molecular complexity index is 539. The van der Waals surface area contributed by atoms with Crippen molar-refractivity contribution in [3.63, 3.8) is 0 Å². The number of nitrogens with zero attached hydrogens (tertiary/aromatic N) is 1. The summed E-state index contributed by atoms with van der Waals surface area (Å²) in [5.41, 5.74) is 1.47. The molecule has 0 atom stereocenters. The van der Waals surface area contributed by atoms with Crippen LogP contribution in [0.1, 0.15) is 44.6 Å². The van der Waals surface area contributed by atoms with E-state index in [1.807, 2.05) is 25.2 Å². The van der Waals surface area contributed by atoms with Gasteiger partial charge in [0.05, 0.1) is 7.11 Å². The molecular weight excluding hydrogens is 314 g/mol. The molecule has 5 nitrogen and oxygen atoms in total. The predicted octanol–water partition coefficient (Wildman–Crippen LogP) is 3.35. The molecule has 1 aromatic carbocycles. The van der Waals surface area contributed by atoms with E-state index >= 15 is 0 Å². The van der Waals surface area contributed by atoms with Gasteiger partial charge in [-0.05, 0) is 37.7 Å². The van der Waals surface area contributed by atoms with E-state index in [1.165, 1.54) is 25.7 Å². The molecule has 0 saturated heterocycles. The van der Waals surface area contributed by atoms with Crippen molar-refractivity contribution in [1.29, 1.82) is 0 Å². The number of hydrogen-bond acceptors (Lipinski definition) is 3. The lowest BCUT2D eigenvalue weighted by molar-refractivity contribution is 0.105. The number of hydrogen-bond donors (Lipinski definition) is 2. The molecule has 1 saturated carbocycles. The highest BCUT2D eigenvalue weighted by Crippen LogP contribution is 2.40. The summed E-state index contributed by atoms with van der Waals surface area (Å²) in [7, 11) is 3.52. The molecule has 5 heteroatoms. The summed E-state index contributed by atoms with van der Waals surface area (Å²) in [6.07, 6.45) is 6.31. The normalized spacial score (nSPS) is 16.7. The van der Waals surface area contributed by atoms with Crippen molar-refractivity contribution in [3.8, 4) is 5.75 Å². The summed E-state index contributed by atoms with van der Waals surface area (Å²) in [4.78, 5) is 4.37. The lowest BCUT2D eigenvalue weighted by Crippen LogP contribution is -2.43. The highest BCUT2D eigenvalue weighted by molar-refractivity contribution is 5.79. The Kier molecular flexibility index (Phi) is 8.06. The Morgan fingerprint density at radius 2 is 1.96 bits per heavy atom. The van der Waals surface area contributed by atoms with Gasteiger partial charge in [0.25, 0.3) is 0 Å². The maximum Gasteiger partial charge on any atom is 0.191 e. The van der Waals surface area contributed by atoms with Gasteiger partial charge in [0.1, 0.15) is 5.75 Å². The first kappa shape index (κ1) is 19.6. The molecule has 2 rings (SSSR count). The molecule has 1 fully saturated rings. The van der Waals surface area contributed by atoms with Crippen LogP contribution in [0, 0.1) is 5.41 Å². The number of methoxy groups -OCH3 is 1. The molecule has 0 heterocycles. The van der Waals surface area contributed by atoms with Crippen LogP contribution in [0.15, 0.2) is 29.3 Å². The zero-order valence-electron chi connectivity index (χ0n) is 15.9. The van der Waals surface area contributed by atoms with Gasteiger partial charge in [-0.2, -0.15) is 0 Å². The topological polar surface area (TPSA) is 54.9 Å². The summed E-state index contributed by atoms with van der Waals surface area (Å²) in [6, 6.07) is 8.06. The summed E-state index contributed by atoms with van der Waals surface area (Å²) >= 11 is 0. The molecule has 2 N–H and O–H groups in total. The second-order valence-corrected chi connectivity index (χ2v) is 6.75. The van der Waals surface area contributed by atoms with Gasteiger partial charge in [0.2, 0.25) is 0 Å². The first-order valence-corrected chi connectivity index (χ1v) is 9.37. The van der Waals surface area contributed by atoms with Crippen molar-refractivity contribution in [2.75, 3.05) is 33.9 Å². The zero-order valence-corrected chi connectivity index (χ0v) is 15.9. The van der Waals surface area contributed by atoms with Crippen LogP contribution in [-0.2, 0) is 11.3 Å². The molecule has 1 aliphatic rings. The van der Waals surface area contributed by atoms with Crippen LogP contribution in [0.3, 0.4) is 0 Å². The predicted molar refractivity (Wildman–Crippen MR) is 103 cm³/mol. The van der Waals surface area contributed by atoms with Gasteiger partial charge in [-0.25, -0.2) is 0 Å². The quantitative estimate of drug-likeness (QED) is 0.409. The summed E-state index contributed by atoms with van der Waals surface area (Å²) in [6.45, 7) is 5.35. The molecule has 0 spiro atoms. The Morgan fingerprint density at radius 1 is 1.20 bits per heavy atom. The number of benzene rings is 1. The number of nitrogens with one attached hydrogen (secondary N) is 2. The smallest absolute Gasteiger partial charge is 0.191 e. The lowest BCUT2D eigenvalue weighted by atomic mass is 9.83. The van der Waals surface area contributed by atoms with E-state index in [0.29, 0.717) is 12.0 Å². The van der Waals surface area contributed by atoms with Gasteiger partial charge in [-0.3, -0.25) is 4.99 Å². The molecule has 140 valence electrons. The van der Waals surface area contributed by atoms with E-state index in [9.17, 15) is 0 Å². The Morgan fingerprint density at radius 3 is 2.64 bits per heavy atom.